The molecule has 0 amide bonds. The number of aromatic nitrogens is 2. The molecule has 0 spiro atoms. The number of allylic oxidation sites excluding steroid dienone is 2. The van der Waals surface area contributed by atoms with Gasteiger partial charge in [-0.05, 0) is 43.9 Å². The molecule has 0 bridgehead atoms. The maximum absolute atomic E-state index is 6.48. The molecule has 0 saturated carbocycles. The van der Waals surface area contributed by atoms with Crippen LogP contribution in [0.25, 0.3) is 5.57 Å². The molecule has 20 heavy (non-hydrogen) atoms. The predicted molar refractivity (Wildman–Crippen MR) is 94.1 cm³/mol. The second-order valence-electron chi connectivity index (χ2n) is 4.95. The highest BCUT2D eigenvalue weighted by Gasteiger charge is 2.18. The van der Waals surface area contributed by atoms with Gasteiger partial charge < -0.3 is 0 Å². The van der Waals surface area contributed by atoms with E-state index in [1.807, 2.05) is 27.0 Å². The van der Waals surface area contributed by atoms with Crippen molar-refractivity contribution in [1.82, 2.24) is 9.97 Å². The molecular formula is C15H24ClN3S. The fourth-order valence-corrected chi connectivity index (χ4v) is 2.77. The highest BCUT2D eigenvalue weighted by Crippen LogP contribution is 2.32. The summed E-state index contributed by atoms with van der Waals surface area (Å²) in [6, 6.07) is 0. The van der Waals surface area contributed by atoms with E-state index < -0.39 is 0 Å². The van der Waals surface area contributed by atoms with Crippen molar-refractivity contribution in [3.63, 3.8) is 0 Å². The van der Waals surface area contributed by atoms with Gasteiger partial charge in [0.15, 0.2) is 0 Å². The number of nitrogens with zero attached hydrogens (tertiary/aromatic N) is 3. The normalized spacial score (nSPS) is 13.9. The van der Waals surface area contributed by atoms with Crippen LogP contribution in [0.1, 0.15) is 51.9 Å². The van der Waals surface area contributed by atoms with Crippen molar-refractivity contribution in [3.8, 4) is 0 Å². The quantitative estimate of drug-likeness (QED) is 0.751. The van der Waals surface area contributed by atoms with Crippen LogP contribution in [0, 0.1) is 0 Å². The first-order chi connectivity index (χ1) is 9.33. The van der Waals surface area contributed by atoms with Gasteiger partial charge in [0, 0.05) is 7.05 Å². The van der Waals surface area contributed by atoms with Crippen LogP contribution < -0.4 is 4.31 Å². The van der Waals surface area contributed by atoms with Crippen LogP contribution in [-0.2, 0) is 0 Å². The van der Waals surface area contributed by atoms with E-state index >= 15 is 0 Å². The molecule has 1 atom stereocenters. The smallest absolute Gasteiger partial charge is 0.235 e. The lowest BCUT2D eigenvalue weighted by atomic mass is 10.1. The maximum atomic E-state index is 6.48. The van der Waals surface area contributed by atoms with Gasteiger partial charge in [0.05, 0.1) is 16.4 Å². The minimum atomic E-state index is -0.00349. The zero-order chi connectivity index (χ0) is 15.4. The molecule has 1 heterocycles. The van der Waals surface area contributed by atoms with Crippen LogP contribution in [0.5, 0.6) is 0 Å². The van der Waals surface area contributed by atoms with Gasteiger partial charge in [-0.1, -0.05) is 42.2 Å². The van der Waals surface area contributed by atoms with Crippen LogP contribution >= 0.6 is 22.3 Å². The standard InChI is InChI=1S/C15H24ClN3S/c1-8-11(5)14-12(16)13(10(3)4)17-15(18-14)19(6)20(7)9-2/h8-10H,1-7H3. The predicted octanol–water partition coefficient (Wildman–Crippen LogP) is 4.75. The van der Waals surface area contributed by atoms with Crippen LogP contribution in [0.3, 0.4) is 0 Å². The van der Waals surface area contributed by atoms with Gasteiger partial charge in [0.1, 0.15) is 0 Å². The second-order valence-corrected chi connectivity index (χ2v) is 7.40. The third kappa shape index (κ3) is 3.61. The summed E-state index contributed by atoms with van der Waals surface area (Å²) < 4.78 is 2.09. The van der Waals surface area contributed by atoms with Gasteiger partial charge in [0.25, 0.3) is 0 Å². The van der Waals surface area contributed by atoms with Crippen molar-refractivity contribution < 1.29 is 0 Å². The Morgan fingerprint density at radius 2 is 1.90 bits per heavy atom. The summed E-state index contributed by atoms with van der Waals surface area (Å²) in [6.07, 6.45) is 4.18. The zero-order valence-electron chi connectivity index (χ0n) is 13.4. The lowest BCUT2D eigenvalue weighted by molar-refractivity contribution is 0.811. The van der Waals surface area contributed by atoms with E-state index in [-0.39, 0.29) is 16.6 Å². The largest absolute Gasteiger partial charge is 0.294 e. The molecule has 0 N–H and O–H groups in total. The van der Waals surface area contributed by atoms with E-state index in [2.05, 4.69) is 46.7 Å². The van der Waals surface area contributed by atoms with Crippen molar-refractivity contribution in [1.29, 1.82) is 0 Å². The minimum absolute atomic E-state index is 0.00349. The fraction of sp³-hybridized carbons (Fsp3) is 0.533. The zero-order valence-corrected chi connectivity index (χ0v) is 14.9. The van der Waals surface area contributed by atoms with E-state index in [0.717, 1.165) is 22.9 Å². The third-order valence-corrected chi connectivity index (χ3v) is 5.36. The summed E-state index contributed by atoms with van der Waals surface area (Å²) in [5.41, 5.74) is 2.82. The molecule has 0 fully saturated rings. The maximum Gasteiger partial charge on any atom is 0.235 e. The Kier molecular flexibility index (Phi) is 6.21. The first-order valence-electron chi connectivity index (χ1n) is 6.72. The first-order valence-corrected chi connectivity index (χ1v) is 8.75. The van der Waals surface area contributed by atoms with E-state index in [1.165, 1.54) is 0 Å². The fourth-order valence-electron chi connectivity index (χ4n) is 1.66. The molecule has 0 aliphatic carbocycles. The monoisotopic (exact) mass is 313 g/mol. The molecule has 0 saturated heterocycles. The van der Waals surface area contributed by atoms with Gasteiger partial charge in [-0.3, -0.25) is 4.31 Å². The Hall–Kier alpha value is -0.870. The van der Waals surface area contributed by atoms with E-state index in [0.29, 0.717) is 5.02 Å². The Balaban J connectivity index is 3.52. The number of halogens is 1. The second kappa shape index (κ2) is 7.23. The first kappa shape index (κ1) is 17.2. The minimum Gasteiger partial charge on any atom is -0.294 e. The highest BCUT2D eigenvalue weighted by molar-refractivity contribution is 8.15. The molecule has 5 heteroatoms. The van der Waals surface area contributed by atoms with Crippen LogP contribution in [-0.4, -0.2) is 28.6 Å². The third-order valence-electron chi connectivity index (χ3n) is 3.27. The molecule has 1 aromatic rings. The molecular weight excluding hydrogens is 290 g/mol. The van der Waals surface area contributed by atoms with Crippen molar-refractivity contribution >= 4 is 39.2 Å². The number of anilines is 1. The molecule has 0 radical (unpaired) electrons. The Labute approximate surface area is 130 Å². The lowest BCUT2D eigenvalue weighted by Gasteiger charge is -2.21. The number of hydrogen-bond acceptors (Lipinski definition) is 3. The molecule has 1 aromatic heterocycles. The molecule has 112 valence electrons. The van der Waals surface area contributed by atoms with E-state index in [4.69, 9.17) is 11.6 Å². The average Bonchev–Trinajstić information content (AvgIpc) is 2.44. The Bertz CT molecular complexity index is 550. The summed E-state index contributed by atoms with van der Waals surface area (Å²) in [7, 11) is 2.02. The molecule has 0 aromatic carbocycles. The molecule has 1 unspecified atom stereocenters. The number of rotatable bonds is 4. The summed E-state index contributed by atoms with van der Waals surface area (Å²) in [5.74, 6) is 1.00. The summed E-state index contributed by atoms with van der Waals surface area (Å²) >= 11 is 6.48. The molecule has 3 nitrogen and oxygen atoms in total. The van der Waals surface area contributed by atoms with Gasteiger partial charge in [0.2, 0.25) is 5.95 Å². The van der Waals surface area contributed by atoms with Gasteiger partial charge in [-0.25, -0.2) is 9.97 Å². The van der Waals surface area contributed by atoms with E-state index in [1.54, 1.807) is 0 Å². The van der Waals surface area contributed by atoms with Gasteiger partial charge >= 0.3 is 0 Å². The van der Waals surface area contributed by atoms with Crippen LogP contribution in [0.4, 0.5) is 5.95 Å². The van der Waals surface area contributed by atoms with Crippen molar-refractivity contribution in [3.05, 3.63) is 22.5 Å². The van der Waals surface area contributed by atoms with Gasteiger partial charge in [-0.2, -0.15) is 0 Å². The van der Waals surface area contributed by atoms with Gasteiger partial charge in [-0.15, -0.1) is 0 Å². The lowest BCUT2D eigenvalue weighted by Crippen LogP contribution is -2.15. The Morgan fingerprint density at radius 3 is 2.35 bits per heavy atom. The van der Waals surface area contributed by atoms with Crippen molar-refractivity contribution in [2.45, 2.75) is 40.5 Å². The van der Waals surface area contributed by atoms with E-state index in [9.17, 15) is 0 Å². The van der Waals surface area contributed by atoms with Crippen LogP contribution in [0.15, 0.2) is 6.08 Å². The number of hydrogen-bond donors (Lipinski definition) is 0. The molecule has 0 aliphatic heterocycles. The topological polar surface area (TPSA) is 29.0 Å². The average molecular weight is 314 g/mol. The SMILES string of the molecule is CC=C(C)c1nc(N(C)S(C)=CC)nc(C(C)C)c1Cl. The van der Waals surface area contributed by atoms with Crippen molar-refractivity contribution in [2.24, 2.45) is 0 Å². The summed E-state index contributed by atoms with van der Waals surface area (Å²) in [4.78, 5) is 9.32. The van der Waals surface area contributed by atoms with Crippen LogP contribution in [0.2, 0.25) is 5.02 Å². The summed E-state index contributed by atoms with van der Waals surface area (Å²) in [5, 5.41) is 2.82. The molecule has 1 rings (SSSR count). The molecule has 0 aliphatic rings. The Morgan fingerprint density at radius 1 is 1.30 bits per heavy atom. The summed E-state index contributed by atoms with van der Waals surface area (Å²) in [6.45, 7) is 10.3. The highest BCUT2D eigenvalue weighted by atomic mass is 35.5. The van der Waals surface area contributed by atoms with Crippen molar-refractivity contribution in [2.75, 3.05) is 17.6 Å².